The van der Waals surface area contributed by atoms with Gasteiger partial charge in [-0.25, -0.2) is 9.18 Å². The molecule has 23 heavy (non-hydrogen) atoms. The average Bonchev–Trinajstić information content (AvgIpc) is 2.52. The van der Waals surface area contributed by atoms with Crippen molar-refractivity contribution < 1.29 is 13.9 Å². The molecule has 0 saturated heterocycles. The van der Waals surface area contributed by atoms with Gasteiger partial charge in [0.1, 0.15) is 5.82 Å². The molecule has 2 rings (SSSR count). The van der Waals surface area contributed by atoms with Crippen LogP contribution in [0.3, 0.4) is 0 Å². The van der Waals surface area contributed by atoms with Gasteiger partial charge < -0.3 is 4.74 Å². The van der Waals surface area contributed by atoms with Crippen LogP contribution in [0.4, 0.5) is 4.39 Å². The summed E-state index contributed by atoms with van der Waals surface area (Å²) in [6, 6.07) is 3.91. The molecule has 0 fully saturated rings. The Balaban J connectivity index is 2.86. The smallest absolute Gasteiger partial charge is 0.338 e. The molecule has 0 aliphatic rings. The predicted octanol–water partition coefficient (Wildman–Crippen LogP) is 6.94. The van der Waals surface area contributed by atoms with Gasteiger partial charge in [0.2, 0.25) is 0 Å². The van der Waals surface area contributed by atoms with Crippen molar-refractivity contribution in [2.24, 2.45) is 0 Å². The van der Waals surface area contributed by atoms with Gasteiger partial charge in [-0.2, -0.15) is 0 Å². The minimum Gasteiger partial charge on any atom is -0.462 e. The van der Waals surface area contributed by atoms with E-state index in [0.29, 0.717) is 0 Å². The van der Waals surface area contributed by atoms with Crippen LogP contribution in [0.25, 0.3) is 11.1 Å². The molecule has 0 spiro atoms. The molecule has 0 saturated carbocycles. The zero-order valence-electron chi connectivity index (χ0n) is 11.5. The third kappa shape index (κ3) is 3.40. The van der Waals surface area contributed by atoms with Crippen molar-refractivity contribution in [3.8, 4) is 11.1 Å². The van der Waals surface area contributed by atoms with Gasteiger partial charge >= 0.3 is 5.97 Å². The summed E-state index contributed by atoms with van der Waals surface area (Å²) in [5.74, 6) is -1.45. The van der Waals surface area contributed by atoms with E-state index < -0.39 is 11.8 Å². The maximum absolute atomic E-state index is 14.4. The largest absolute Gasteiger partial charge is 0.462 e. The zero-order chi connectivity index (χ0) is 17.3. The lowest BCUT2D eigenvalue weighted by atomic mass is 9.98. The van der Waals surface area contributed by atoms with Crippen LogP contribution in [0, 0.1) is 5.82 Å². The summed E-state index contributed by atoms with van der Waals surface area (Å²) in [5.41, 5.74) is -0.222. The van der Waals surface area contributed by atoms with Crippen LogP contribution in [-0.2, 0) is 4.74 Å². The van der Waals surface area contributed by atoms with Crippen LogP contribution in [0.15, 0.2) is 18.2 Å². The summed E-state index contributed by atoms with van der Waals surface area (Å²) in [6.07, 6.45) is 0. The van der Waals surface area contributed by atoms with Crippen LogP contribution in [-0.4, -0.2) is 12.6 Å². The highest BCUT2D eigenvalue weighted by atomic mass is 35.5. The van der Waals surface area contributed by atoms with Gasteiger partial charge in [-0.15, -0.1) is 0 Å². The molecule has 0 bridgehead atoms. The first-order valence-electron chi connectivity index (χ1n) is 6.28. The van der Waals surface area contributed by atoms with Crippen molar-refractivity contribution in [2.75, 3.05) is 6.61 Å². The van der Waals surface area contributed by atoms with Gasteiger partial charge in [0, 0.05) is 11.1 Å². The van der Waals surface area contributed by atoms with Crippen molar-refractivity contribution in [3.63, 3.8) is 0 Å². The Kier molecular flexibility index (Phi) is 6.04. The molecule has 8 heteroatoms. The number of carbonyl (C=O) groups excluding carboxylic acids is 1. The maximum atomic E-state index is 14.4. The summed E-state index contributed by atoms with van der Waals surface area (Å²) in [5, 5.41) is -0.448. The third-order valence-corrected chi connectivity index (χ3v) is 5.25. The van der Waals surface area contributed by atoms with Crippen LogP contribution < -0.4 is 0 Å². The monoisotopic (exact) mass is 414 g/mol. The van der Waals surface area contributed by atoms with E-state index in [1.54, 1.807) is 6.92 Å². The van der Waals surface area contributed by atoms with Gasteiger partial charge in [0.15, 0.2) is 0 Å². The van der Waals surface area contributed by atoms with Gasteiger partial charge in [0.25, 0.3) is 0 Å². The topological polar surface area (TPSA) is 26.3 Å². The molecule has 2 nitrogen and oxygen atoms in total. The highest BCUT2D eigenvalue weighted by Crippen LogP contribution is 2.49. The number of benzene rings is 2. The number of hydrogen-bond acceptors (Lipinski definition) is 2. The molecule has 2 aromatic carbocycles. The normalized spacial score (nSPS) is 10.7. The second-order valence-corrected chi connectivity index (χ2v) is 6.22. The van der Waals surface area contributed by atoms with Crippen molar-refractivity contribution in [3.05, 3.63) is 54.7 Å². The molecule has 0 aliphatic heterocycles. The third-order valence-electron chi connectivity index (χ3n) is 2.97. The van der Waals surface area contributed by atoms with Crippen molar-refractivity contribution >= 4 is 64.0 Å². The van der Waals surface area contributed by atoms with E-state index in [4.69, 9.17) is 62.7 Å². The molecular formula is C15H8Cl5FO2. The number of ether oxygens (including phenoxy) is 1. The molecular weight excluding hydrogens is 408 g/mol. The fourth-order valence-electron chi connectivity index (χ4n) is 1.98. The van der Waals surface area contributed by atoms with Gasteiger partial charge in [-0.3, -0.25) is 0 Å². The molecule has 0 N–H and O–H groups in total. The van der Waals surface area contributed by atoms with E-state index in [2.05, 4.69) is 0 Å². The Morgan fingerprint density at radius 2 is 1.48 bits per heavy atom. The van der Waals surface area contributed by atoms with E-state index in [1.807, 2.05) is 0 Å². The van der Waals surface area contributed by atoms with Crippen molar-refractivity contribution in [2.45, 2.75) is 6.92 Å². The molecule has 0 unspecified atom stereocenters. The number of esters is 1. The van der Waals surface area contributed by atoms with Crippen LogP contribution in [0.1, 0.15) is 17.3 Å². The SMILES string of the molecule is CCOC(=O)c1cccc(F)c1-c1c(Cl)c(Cl)c(Cl)c(Cl)c1Cl. The van der Waals surface area contributed by atoms with E-state index in [-0.39, 0.29) is 48.4 Å². The number of halogens is 6. The molecule has 0 atom stereocenters. The van der Waals surface area contributed by atoms with E-state index in [9.17, 15) is 9.18 Å². The molecule has 0 radical (unpaired) electrons. The lowest BCUT2D eigenvalue weighted by molar-refractivity contribution is 0.0527. The quantitative estimate of drug-likeness (QED) is 0.308. The lowest BCUT2D eigenvalue weighted by Gasteiger charge is -2.16. The Morgan fingerprint density at radius 3 is 2.00 bits per heavy atom. The van der Waals surface area contributed by atoms with Crippen LogP contribution in [0.2, 0.25) is 25.1 Å². The van der Waals surface area contributed by atoms with Crippen LogP contribution >= 0.6 is 58.0 Å². The predicted molar refractivity (Wildman–Crippen MR) is 92.8 cm³/mol. The van der Waals surface area contributed by atoms with Gasteiger partial charge in [-0.05, 0) is 19.1 Å². The van der Waals surface area contributed by atoms with E-state index in [1.165, 1.54) is 12.1 Å². The van der Waals surface area contributed by atoms with Gasteiger partial charge in [-0.1, -0.05) is 64.1 Å². The summed E-state index contributed by atoms with van der Waals surface area (Å²) in [6.45, 7) is 1.76. The first-order chi connectivity index (χ1) is 10.8. The number of carbonyl (C=O) groups is 1. The van der Waals surface area contributed by atoms with E-state index in [0.717, 1.165) is 6.07 Å². The first kappa shape index (κ1) is 18.6. The standard InChI is InChI=1S/C15H8Cl5FO2/c1-2-23-15(22)6-4-3-5-7(21)8(6)9-10(16)12(18)14(20)13(19)11(9)17/h3-5H,2H2,1H3. The van der Waals surface area contributed by atoms with Crippen LogP contribution in [0.5, 0.6) is 0 Å². The molecule has 0 aromatic heterocycles. The zero-order valence-corrected chi connectivity index (χ0v) is 15.3. The molecule has 122 valence electrons. The first-order valence-corrected chi connectivity index (χ1v) is 8.17. The Morgan fingerprint density at radius 1 is 0.957 bits per heavy atom. The lowest BCUT2D eigenvalue weighted by Crippen LogP contribution is -2.08. The Bertz CT molecular complexity index is 763. The number of hydrogen-bond donors (Lipinski definition) is 0. The fraction of sp³-hybridized carbons (Fsp3) is 0.133. The minimum atomic E-state index is -0.728. The highest BCUT2D eigenvalue weighted by Gasteiger charge is 2.26. The molecule has 0 heterocycles. The molecule has 0 amide bonds. The second kappa shape index (κ2) is 7.45. The summed E-state index contributed by atoms with van der Waals surface area (Å²) >= 11 is 30.3. The average molecular weight is 416 g/mol. The Labute approximate surface area is 157 Å². The van der Waals surface area contributed by atoms with Crippen molar-refractivity contribution in [1.82, 2.24) is 0 Å². The van der Waals surface area contributed by atoms with E-state index >= 15 is 0 Å². The Hall–Kier alpha value is -0.710. The maximum Gasteiger partial charge on any atom is 0.338 e. The number of rotatable bonds is 3. The van der Waals surface area contributed by atoms with Gasteiger partial charge in [0.05, 0.1) is 37.3 Å². The second-order valence-electron chi connectivity index (χ2n) is 4.33. The summed E-state index contributed by atoms with van der Waals surface area (Å²) in [7, 11) is 0. The minimum absolute atomic E-state index is 0.0195. The highest BCUT2D eigenvalue weighted by molar-refractivity contribution is 6.56. The molecule has 2 aromatic rings. The molecule has 0 aliphatic carbocycles. The fourth-order valence-corrected chi connectivity index (χ4v) is 3.31. The summed E-state index contributed by atoms with van der Waals surface area (Å²) in [4.78, 5) is 12.1. The van der Waals surface area contributed by atoms with Crippen molar-refractivity contribution in [1.29, 1.82) is 0 Å². The summed E-state index contributed by atoms with van der Waals surface area (Å²) < 4.78 is 19.3.